The largest absolute Gasteiger partial charge is 0.445 e. The third-order valence-corrected chi connectivity index (χ3v) is 4.21. The van der Waals surface area contributed by atoms with Gasteiger partial charge in [-0.25, -0.2) is 4.79 Å². The number of hydrogen-bond acceptors (Lipinski definition) is 3. The molecule has 0 saturated heterocycles. The van der Waals surface area contributed by atoms with Crippen molar-refractivity contribution in [2.24, 2.45) is 0 Å². The van der Waals surface area contributed by atoms with Crippen LogP contribution in [0.3, 0.4) is 0 Å². The van der Waals surface area contributed by atoms with Crippen LogP contribution in [0.25, 0.3) is 10.9 Å². The summed E-state index contributed by atoms with van der Waals surface area (Å²) in [5.41, 5.74) is 2.80. The highest BCUT2D eigenvalue weighted by molar-refractivity contribution is 7.96. The number of carbonyl (C=O) groups is 2. The lowest BCUT2D eigenvalue weighted by Gasteiger charge is -2.15. The van der Waals surface area contributed by atoms with Crippen molar-refractivity contribution in [2.45, 2.75) is 19.1 Å². The zero-order valence-corrected chi connectivity index (χ0v) is 14.3. The van der Waals surface area contributed by atoms with E-state index in [1.165, 1.54) is 0 Å². The molecule has 3 aromatic rings. The molecule has 128 valence electrons. The quantitative estimate of drug-likeness (QED) is 0.594. The Kier molecular flexibility index (Phi) is 5.40. The highest BCUT2D eigenvalue weighted by Gasteiger charge is 2.20. The molecule has 2 aromatic carbocycles. The highest BCUT2D eigenvalue weighted by atomic mass is 32.1. The molecule has 1 atom stereocenters. The van der Waals surface area contributed by atoms with Crippen LogP contribution in [0.5, 0.6) is 0 Å². The van der Waals surface area contributed by atoms with E-state index in [1.807, 2.05) is 60.8 Å². The van der Waals surface area contributed by atoms with Crippen LogP contribution in [0.2, 0.25) is 0 Å². The molecule has 0 bridgehead atoms. The zero-order chi connectivity index (χ0) is 17.6. The molecule has 1 heterocycles. The van der Waals surface area contributed by atoms with Gasteiger partial charge in [0.05, 0.1) is 0 Å². The van der Waals surface area contributed by atoms with Crippen molar-refractivity contribution in [1.29, 1.82) is 0 Å². The Morgan fingerprint density at radius 2 is 1.80 bits per heavy atom. The summed E-state index contributed by atoms with van der Waals surface area (Å²) in [5, 5.41) is 3.19. The Morgan fingerprint density at radius 3 is 2.56 bits per heavy atom. The summed E-state index contributed by atoms with van der Waals surface area (Å²) >= 11 is 3.89. The number of benzene rings is 2. The van der Waals surface area contributed by atoms with Crippen LogP contribution in [0.1, 0.15) is 11.1 Å². The molecular formula is C19H18N2O3S. The molecule has 25 heavy (non-hydrogen) atoms. The van der Waals surface area contributed by atoms with Crippen LogP contribution < -0.4 is 5.32 Å². The molecule has 0 aliphatic carbocycles. The van der Waals surface area contributed by atoms with Gasteiger partial charge in [-0.15, -0.1) is 12.6 Å². The molecule has 0 unspecified atom stereocenters. The molecule has 1 aromatic heterocycles. The summed E-state index contributed by atoms with van der Waals surface area (Å²) in [6.45, 7) is 0.146. The van der Waals surface area contributed by atoms with Gasteiger partial charge in [-0.1, -0.05) is 48.5 Å². The maximum Gasteiger partial charge on any atom is 0.408 e. The van der Waals surface area contributed by atoms with E-state index in [1.54, 1.807) is 0 Å². The van der Waals surface area contributed by atoms with Crippen LogP contribution in [0.4, 0.5) is 4.79 Å². The minimum absolute atomic E-state index is 0.146. The molecule has 5 nitrogen and oxygen atoms in total. The van der Waals surface area contributed by atoms with Crippen LogP contribution in [-0.2, 0) is 22.6 Å². The van der Waals surface area contributed by atoms with Gasteiger partial charge in [-0.05, 0) is 17.2 Å². The zero-order valence-electron chi connectivity index (χ0n) is 13.4. The first-order valence-corrected chi connectivity index (χ1v) is 8.33. The molecule has 6 heteroatoms. The van der Waals surface area contributed by atoms with Crippen LogP contribution >= 0.6 is 12.6 Å². The fraction of sp³-hybridized carbons (Fsp3) is 0.158. The summed E-state index contributed by atoms with van der Waals surface area (Å²) in [5.74, 6) is 0. The highest BCUT2D eigenvalue weighted by Crippen LogP contribution is 2.19. The fourth-order valence-corrected chi connectivity index (χ4v) is 2.78. The molecule has 2 N–H and O–H groups in total. The fourth-order valence-electron chi connectivity index (χ4n) is 2.63. The number of hydrogen-bond donors (Lipinski definition) is 3. The van der Waals surface area contributed by atoms with Crippen molar-refractivity contribution in [3.8, 4) is 0 Å². The second-order valence-electron chi connectivity index (χ2n) is 5.66. The van der Waals surface area contributed by atoms with E-state index in [-0.39, 0.29) is 6.61 Å². The van der Waals surface area contributed by atoms with Gasteiger partial charge in [0.15, 0.2) is 0 Å². The predicted octanol–water partition coefficient (Wildman–Crippen LogP) is 3.46. The number of para-hydroxylation sites is 1. The third kappa shape index (κ3) is 4.42. The maximum absolute atomic E-state index is 12.0. The smallest absolute Gasteiger partial charge is 0.408 e. The molecule has 0 radical (unpaired) electrons. The van der Waals surface area contributed by atoms with E-state index >= 15 is 0 Å². The average molecular weight is 354 g/mol. The van der Waals surface area contributed by atoms with Crippen molar-refractivity contribution in [2.75, 3.05) is 0 Å². The van der Waals surface area contributed by atoms with Gasteiger partial charge < -0.3 is 15.0 Å². The number of amides is 1. The number of ether oxygens (including phenoxy) is 1. The van der Waals surface area contributed by atoms with Crippen LogP contribution in [0.15, 0.2) is 60.8 Å². The number of rotatable bonds is 6. The standard InChI is InChI=1S/C19H18N2O3S/c22-18(25)17(10-14-11-20-16-9-5-4-8-15(14)16)21-19(23)24-12-13-6-2-1-3-7-13/h1-9,11,17,20H,10,12H2,(H,21,23)(H,22,25)/t17-/m0/s1. The number of alkyl carbamates (subject to hydrolysis) is 1. The number of aromatic amines is 1. The van der Waals surface area contributed by atoms with Crippen molar-refractivity contribution < 1.29 is 14.3 Å². The van der Waals surface area contributed by atoms with Gasteiger partial charge in [-0.3, -0.25) is 4.79 Å². The third-order valence-electron chi connectivity index (χ3n) is 3.90. The second kappa shape index (κ2) is 7.90. The Hall–Kier alpha value is -2.73. The van der Waals surface area contributed by atoms with E-state index in [9.17, 15) is 9.59 Å². The Morgan fingerprint density at radius 1 is 1.08 bits per heavy atom. The number of thiol groups is 1. The Labute approximate surface area is 150 Å². The summed E-state index contributed by atoms with van der Waals surface area (Å²) < 4.78 is 5.17. The number of fused-ring (bicyclic) bond motifs is 1. The number of carbonyl (C=O) groups excluding carboxylic acids is 2. The summed E-state index contributed by atoms with van der Waals surface area (Å²) in [4.78, 5) is 26.9. The molecule has 0 saturated carbocycles. The molecule has 1 amide bonds. The van der Waals surface area contributed by atoms with Gasteiger partial charge in [0.2, 0.25) is 5.12 Å². The average Bonchev–Trinajstić information content (AvgIpc) is 3.03. The number of nitrogens with one attached hydrogen (secondary N) is 2. The van der Waals surface area contributed by atoms with E-state index in [0.29, 0.717) is 6.42 Å². The minimum Gasteiger partial charge on any atom is -0.445 e. The number of H-pyrrole nitrogens is 1. The normalized spacial score (nSPS) is 11.9. The van der Waals surface area contributed by atoms with Gasteiger partial charge in [-0.2, -0.15) is 0 Å². The van der Waals surface area contributed by atoms with Gasteiger partial charge in [0, 0.05) is 23.5 Å². The lowest BCUT2D eigenvalue weighted by molar-refractivity contribution is -0.112. The van der Waals surface area contributed by atoms with Crippen molar-refractivity contribution in [3.63, 3.8) is 0 Å². The molecule has 0 aliphatic rings. The Bertz CT molecular complexity index is 877. The Balaban J connectivity index is 1.63. The maximum atomic E-state index is 12.0. The molecule has 0 fully saturated rings. The lowest BCUT2D eigenvalue weighted by atomic mass is 10.1. The second-order valence-corrected chi connectivity index (χ2v) is 6.10. The van der Waals surface area contributed by atoms with Gasteiger partial charge in [0.1, 0.15) is 12.6 Å². The first kappa shape index (κ1) is 17.1. The first-order valence-electron chi connectivity index (χ1n) is 7.88. The van der Waals surface area contributed by atoms with E-state index in [2.05, 4.69) is 22.9 Å². The summed E-state index contributed by atoms with van der Waals surface area (Å²) in [6, 6.07) is 16.4. The van der Waals surface area contributed by atoms with E-state index in [4.69, 9.17) is 4.74 Å². The minimum atomic E-state index is -0.759. The predicted molar refractivity (Wildman–Crippen MR) is 99.5 cm³/mol. The summed E-state index contributed by atoms with van der Waals surface area (Å²) in [7, 11) is 0. The van der Waals surface area contributed by atoms with E-state index < -0.39 is 17.3 Å². The van der Waals surface area contributed by atoms with E-state index in [0.717, 1.165) is 22.0 Å². The monoisotopic (exact) mass is 354 g/mol. The molecule has 0 aliphatic heterocycles. The van der Waals surface area contributed by atoms with Gasteiger partial charge in [0.25, 0.3) is 0 Å². The van der Waals surface area contributed by atoms with Crippen molar-refractivity contribution in [1.82, 2.24) is 10.3 Å². The molecular weight excluding hydrogens is 336 g/mol. The molecule has 3 rings (SSSR count). The first-order chi connectivity index (χ1) is 12.1. The van der Waals surface area contributed by atoms with Crippen molar-refractivity contribution >= 4 is 34.7 Å². The van der Waals surface area contributed by atoms with Crippen molar-refractivity contribution in [3.05, 3.63) is 71.9 Å². The molecule has 0 spiro atoms. The topological polar surface area (TPSA) is 71.2 Å². The van der Waals surface area contributed by atoms with Crippen LogP contribution in [-0.4, -0.2) is 22.2 Å². The SMILES string of the molecule is O=C(N[C@@H](Cc1c[nH]c2ccccc12)C(=O)S)OCc1ccccc1. The van der Waals surface area contributed by atoms with Gasteiger partial charge >= 0.3 is 6.09 Å². The van der Waals surface area contributed by atoms with Crippen LogP contribution in [0, 0.1) is 0 Å². The lowest BCUT2D eigenvalue weighted by Crippen LogP contribution is -2.40. The number of aromatic nitrogens is 1. The summed E-state index contributed by atoms with van der Waals surface area (Å²) in [6.07, 6.45) is 1.54.